The third-order valence-corrected chi connectivity index (χ3v) is 8.18. The van der Waals surface area contributed by atoms with Gasteiger partial charge in [0.05, 0.1) is 19.3 Å². The molecule has 1 saturated carbocycles. The van der Waals surface area contributed by atoms with Crippen molar-refractivity contribution >= 4 is 17.0 Å². The zero-order valence-corrected chi connectivity index (χ0v) is 18.4. The molecule has 2 aliphatic heterocycles. The highest BCUT2D eigenvalue weighted by molar-refractivity contribution is 7.92. The van der Waals surface area contributed by atoms with Crippen molar-refractivity contribution < 1.29 is 9.29 Å². The van der Waals surface area contributed by atoms with Crippen LogP contribution in [0, 0.1) is 5.92 Å². The molecule has 2 N–H and O–H groups in total. The van der Waals surface area contributed by atoms with E-state index < -0.39 is 11.4 Å². The first-order valence-corrected chi connectivity index (χ1v) is 12.2. The van der Waals surface area contributed by atoms with Crippen LogP contribution in [0.25, 0.3) is 0 Å². The van der Waals surface area contributed by atoms with E-state index in [0.717, 1.165) is 41.8 Å². The van der Waals surface area contributed by atoms with Crippen LogP contribution < -0.4 is 19.7 Å². The van der Waals surface area contributed by atoms with Crippen molar-refractivity contribution in [2.75, 3.05) is 37.6 Å². The van der Waals surface area contributed by atoms with Gasteiger partial charge in [0, 0.05) is 18.0 Å². The lowest BCUT2D eigenvalue weighted by atomic mass is 9.98. The maximum absolute atomic E-state index is 13.2. The first-order valence-electron chi connectivity index (χ1n) is 11.1. The molecule has 1 saturated heterocycles. The topological polar surface area (TPSA) is 59.6 Å². The normalized spacial score (nSPS) is 24.5. The van der Waals surface area contributed by atoms with Crippen molar-refractivity contribution in [3.05, 3.63) is 53.6 Å². The van der Waals surface area contributed by atoms with Crippen LogP contribution in [0.3, 0.4) is 0 Å². The number of fused-ring (bicyclic) bond motifs is 1. The van der Waals surface area contributed by atoms with Crippen LogP contribution in [0.4, 0.5) is 5.69 Å². The molecule has 3 aliphatic rings. The summed E-state index contributed by atoms with van der Waals surface area (Å²) in [6.45, 7) is 4.28. The molecule has 0 spiro atoms. The Morgan fingerprint density at radius 2 is 2.07 bits per heavy atom. The van der Waals surface area contributed by atoms with E-state index in [4.69, 9.17) is 4.74 Å². The maximum Gasteiger partial charge on any atom is 0.183 e. The van der Waals surface area contributed by atoms with Crippen molar-refractivity contribution in [3.8, 4) is 5.75 Å². The minimum absolute atomic E-state index is 0.626. The minimum atomic E-state index is -1.21. The van der Waals surface area contributed by atoms with E-state index in [-0.39, 0.29) is 0 Å². The molecular weight excluding hydrogens is 394 g/mol. The molecule has 2 aromatic rings. The summed E-state index contributed by atoms with van der Waals surface area (Å²) in [4.78, 5) is 0.788. The summed E-state index contributed by atoms with van der Waals surface area (Å²) in [7, 11) is 1.64. The minimum Gasteiger partial charge on any atom is -0.588 e. The number of nitrogens with one attached hydrogen (secondary N) is 2. The van der Waals surface area contributed by atoms with Gasteiger partial charge >= 0.3 is 0 Å². The van der Waals surface area contributed by atoms with Crippen LogP contribution in [0.15, 0.2) is 47.4 Å². The fourth-order valence-corrected chi connectivity index (χ4v) is 6.10. The van der Waals surface area contributed by atoms with E-state index in [9.17, 15) is 4.55 Å². The molecule has 1 aliphatic carbocycles. The van der Waals surface area contributed by atoms with Gasteiger partial charge in [-0.25, -0.2) is 0 Å². The van der Waals surface area contributed by atoms with Gasteiger partial charge in [-0.1, -0.05) is 18.2 Å². The van der Waals surface area contributed by atoms with Gasteiger partial charge < -0.3 is 19.9 Å². The summed E-state index contributed by atoms with van der Waals surface area (Å²) in [5, 5.41) is 7.25. The molecular formula is C24H31N3O2S. The summed E-state index contributed by atoms with van der Waals surface area (Å²) in [6.07, 6.45) is 4.79. The van der Waals surface area contributed by atoms with Gasteiger partial charge in [-0.05, 0) is 80.6 Å². The summed E-state index contributed by atoms with van der Waals surface area (Å²) in [5.74, 6) is 2.20. The number of anilines is 1. The second-order valence-corrected chi connectivity index (χ2v) is 10.1. The number of piperidine rings is 1. The van der Waals surface area contributed by atoms with Gasteiger partial charge in [0.25, 0.3) is 0 Å². The van der Waals surface area contributed by atoms with Crippen LogP contribution >= 0.6 is 0 Å². The Bertz CT molecular complexity index is 887. The third-order valence-electron chi connectivity index (χ3n) is 6.75. The van der Waals surface area contributed by atoms with E-state index in [1.807, 2.05) is 28.6 Å². The molecule has 0 amide bonds. The smallest absolute Gasteiger partial charge is 0.183 e. The van der Waals surface area contributed by atoms with Crippen molar-refractivity contribution in [3.63, 3.8) is 0 Å². The summed E-state index contributed by atoms with van der Waals surface area (Å²) in [6, 6.07) is 15.0. The lowest BCUT2D eigenvalue weighted by molar-refractivity contribution is 0.355. The SMILES string of the molecule is COc1cccc([S+]([O-])N2CCc3cc(C4CC4NCC4CCNCC4)ccc32)c1. The second kappa shape index (κ2) is 8.79. The fourth-order valence-electron chi connectivity index (χ4n) is 4.82. The van der Waals surface area contributed by atoms with Gasteiger partial charge in [-0.3, -0.25) is 0 Å². The first kappa shape index (κ1) is 20.2. The van der Waals surface area contributed by atoms with E-state index in [0.29, 0.717) is 12.0 Å². The summed E-state index contributed by atoms with van der Waals surface area (Å²) in [5.41, 5.74) is 3.87. The van der Waals surface area contributed by atoms with E-state index in [1.54, 1.807) is 7.11 Å². The van der Waals surface area contributed by atoms with Crippen molar-refractivity contribution in [2.45, 2.75) is 42.5 Å². The Kier molecular flexibility index (Phi) is 5.92. The Morgan fingerprint density at radius 1 is 1.20 bits per heavy atom. The monoisotopic (exact) mass is 425 g/mol. The maximum atomic E-state index is 13.2. The second-order valence-electron chi connectivity index (χ2n) is 8.72. The van der Waals surface area contributed by atoms with Gasteiger partial charge in [-0.15, -0.1) is 0 Å². The average molecular weight is 426 g/mol. The van der Waals surface area contributed by atoms with E-state index in [1.165, 1.54) is 43.5 Å². The molecule has 2 aromatic carbocycles. The molecule has 5 rings (SSSR count). The highest BCUT2D eigenvalue weighted by Gasteiger charge is 2.39. The highest BCUT2D eigenvalue weighted by atomic mass is 32.2. The Labute approximate surface area is 182 Å². The van der Waals surface area contributed by atoms with Gasteiger partial charge in [0.1, 0.15) is 17.1 Å². The van der Waals surface area contributed by atoms with Crippen LogP contribution in [-0.2, 0) is 17.8 Å². The van der Waals surface area contributed by atoms with Gasteiger partial charge in [-0.2, -0.15) is 4.31 Å². The molecule has 0 bridgehead atoms. The van der Waals surface area contributed by atoms with Crippen molar-refractivity contribution in [1.82, 2.24) is 10.6 Å². The molecule has 0 aromatic heterocycles. The van der Waals surface area contributed by atoms with E-state index >= 15 is 0 Å². The van der Waals surface area contributed by atoms with Crippen LogP contribution in [0.5, 0.6) is 5.75 Å². The van der Waals surface area contributed by atoms with Gasteiger partial charge in [0.2, 0.25) is 0 Å². The number of methoxy groups -OCH3 is 1. The van der Waals surface area contributed by atoms with Crippen LogP contribution in [0.2, 0.25) is 0 Å². The molecule has 0 radical (unpaired) electrons. The molecule has 6 heteroatoms. The Hall–Kier alpha value is -1.73. The quantitative estimate of drug-likeness (QED) is 0.667. The highest BCUT2D eigenvalue weighted by Crippen LogP contribution is 2.43. The molecule has 30 heavy (non-hydrogen) atoms. The first-order chi connectivity index (χ1) is 14.7. The average Bonchev–Trinajstić information content (AvgIpc) is 3.47. The molecule has 3 unspecified atom stereocenters. The Balaban J connectivity index is 1.22. The molecule has 2 fully saturated rings. The van der Waals surface area contributed by atoms with E-state index in [2.05, 4.69) is 28.8 Å². The Morgan fingerprint density at radius 3 is 2.90 bits per heavy atom. The number of rotatable bonds is 7. The lowest BCUT2D eigenvalue weighted by Crippen LogP contribution is -2.34. The van der Waals surface area contributed by atoms with Crippen molar-refractivity contribution in [2.24, 2.45) is 5.92 Å². The third kappa shape index (κ3) is 4.19. The zero-order valence-electron chi connectivity index (χ0n) is 17.6. The fraction of sp³-hybridized carbons (Fsp3) is 0.500. The molecule has 2 heterocycles. The molecule has 3 atom stereocenters. The number of ether oxygens (including phenoxy) is 1. The van der Waals surface area contributed by atoms with Crippen LogP contribution in [0.1, 0.15) is 36.3 Å². The number of hydrogen-bond acceptors (Lipinski definition) is 5. The number of nitrogens with zero attached hydrogens (tertiary/aromatic N) is 1. The standard InChI is InChI=1S/C24H31N3O2S/c1-29-20-3-2-4-21(14-20)30(28)27-12-9-19-13-18(5-6-24(19)27)22-15-23(22)26-16-17-7-10-25-11-8-17/h2-6,13-14,17,22-23,25-26H,7-12,15-16H2,1H3. The predicted molar refractivity (Wildman–Crippen MR) is 122 cm³/mol. The van der Waals surface area contributed by atoms with Crippen molar-refractivity contribution in [1.29, 1.82) is 0 Å². The zero-order chi connectivity index (χ0) is 20.5. The molecule has 5 nitrogen and oxygen atoms in total. The number of benzene rings is 2. The van der Waals surface area contributed by atoms with Crippen LogP contribution in [-0.4, -0.2) is 43.9 Å². The molecule has 160 valence electrons. The largest absolute Gasteiger partial charge is 0.588 e. The van der Waals surface area contributed by atoms with Gasteiger partial charge in [0.15, 0.2) is 4.90 Å². The lowest BCUT2D eigenvalue weighted by Gasteiger charge is -2.23. The summed E-state index contributed by atoms with van der Waals surface area (Å²) >= 11 is -1.21. The summed E-state index contributed by atoms with van der Waals surface area (Å²) < 4.78 is 20.5. The number of hydrogen-bond donors (Lipinski definition) is 2. The predicted octanol–water partition coefficient (Wildman–Crippen LogP) is 3.23.